The molecule has 0 saturated carbocycles. The largest absolute Gasteiger partial charge is 0.497 e. The van der Waals surface area contributed by atoms with Gasteiger partial charge in [-0.2, -0.15) is 0 Å². The summed E-state index contributed by atoms with van der Waals surface area (Å²) in [5, 5.41) is 3.00. The normalized spacial score (nSPS) is 10.3. The summed E-state index contributed by atoms with van der Waals surface area (Å²) in [6.45, 7) is 5.42. The van der Waals surface area contributed by atoms with Crippen LogP contribution in [0.15, 0.2) is 24.3 Å². The van der Waals surface area contributed by atoms with Gasteiger partial charge in [0.05, 0.1) is 32.3 Å². The molecule has 0 bridgehead atoms. The molecule has 1 aromatic carbocycles. The first-order valence-corrected chi connectivity index (χ1v) is 9.63. The summed E-state index contributed by atoms with van der Waals surface area (Å²) >= 11 is 1.01. The van der Waals surface area contributed by atoms with E-state index in [4.69, 9.17) is 14.2 Å². The molecule has 0 aliphatic rings. The number of rotatable bonds is 8. The molecule has 1 N–H and O–H groups in total. The highest BCUT2D eigenvalue weighted by Gasteiger charge is 2.27. The van der Waals surface area contributed by atoms with E-state index in [1.165, 1.54) is 0 Å². The Morgan fingerprint density at radius 3 is 2.18 bits per heavy atom. The smallest absolute Gasteiger partial charge is 0.348 e. The first-order chi connectivity index (χ1) is 13.4. The molecule has 0 radical (unpaired) electrons. The molecule has 0 aliphatic heterocycles. The molecule has 8 heteroatoms. The third kappa shape index (κ3) is 5.10. The van der Waals surface area contributed by atoms with Crippen molar-refractivity contribution >= 4 is 34.2 Å². The van der Waals surface area contributed by atoms with Gasteiger partial charge in [0.15, 0.2) is 0 Å². The van der Waals surface area contributed by atoms with Gasteiger partial charge in [-0.15, -0.1) is 11.3 Å². The summed E-state index contributed by atoms with van der Waals surface area (Å²) in [6, 6.07) is 7.10. The molecular formula is C20H23NO6S. The van der Waals surface area contributed by atoms with Crippen LogP contribution < -0.4 is 10.1 Å². The van der Waals surface area contributed by atoms with Crippen LogP contribution in [-0.4, -0.2) is 38.2 Å². The number of thiophene rings is 1. The first kappa shape index (κ1) is 21.4. The number of esters is 2. The lowest BCUT2D eigenvalue weighted by Crippen LogP contribution is -2.16. The Hall–Kier alpha value is -2.87. The van der Waals surface area contributed by atoms with E-state index in [1.807, 2.05) is 0 Å². The van der Waals surface area contributed by atoms with Gasteiger partial charge in [0, 0.05) is 0 Å². The second-order valence-corrected chi connectivity index (χ2v) is 6.79. The Bertz CT molecular complexity index is 856. The van der Waals surface area contributed by atoms with Crippen LogP contribution in [0.5, 0.6) is 5.75 Å². The molecule has 0 fully saturated rings. The van der Waals surface area contributed by atoms with Crippen LogP contribution in [0.1, 0.15) is 45.0 Å². The van der Waals surface area contributed by atoms with Crippen molar-refractivity contribution in [3.05, 3.63) is 45.8 Å². The maximum Gasteiger partial charge on any atom is 0.348 e. The minimum atomic E-state index is -0.591. The Balaban J connectivity index is 2.26. The topological polar surface area (TPSA) is 90.9 Å². The number of methoxy groups -OCH3 is 1. The van der Waals surface area contributed by atoms with Gasteiger partial charge in [0.1, 0.15) is 15.6 Å². The zero-order chi connectivity index (χ0) is 20.7. The van der Waals surface area contributed by atoms with Gasteiger partial charge in [-0.05, 0) is 44.0 Å². The maximum absolute atomic E-state index is 12.5. The lowest BCUT2D eigenvalue weighted by Gasteiger charge is -2.07. The van der Waals surface area contributed by atoms with E-state index >= 15 is 0 Å². The number of carbonyl (C=O) groups excluding carboxylic acids is 3. The molecule has 1 aromatic heterocycles. The third-order valence-corrected chi connectivity index (χ3v) is 5.05. The SMILES string of the molecule is CCOC(=O)c1sc(NC(=O)Cc2ccc(OC)cc2)c(C(=O)OCC)c1C. The summed E-state index contributed by atoms with van der Waals surface area (Å²) in [5.74, 6) is -0.744. The molecule has 2 rings (SSSR count). The van der Waals surface area contributed by atoms with Gasteiger partial charge in [0.2, 0.25) is 5.91 Å². The highest BCUT2D eigenvalue weighted by atomic mass is 32.1. The number of nitrogens with one attached hydrogen (secondary N) is 1. The van der Waals surface area contributed by atoms with E-state index in [9.17, 15) is 14.4 Å². The van der Waals surface area contributed by atoms with Gasteiger partial charge < -0.3 is 19.5 Å². The van der Waals surface area contributed by atoms with Crippen molar-refractivity contribution in [3.8, 4) is 5.75 Å². The zero-order valence-corrected chi connectivity index (χ0v) is 17.1. The molecule has 7 nitrogen and oxygen atoms in total. The van der Waals surface area contributed by atoms with Crippen molar-refractivity contribution in [2.75, 3.05) is 25.6 Å². The van der Waals surface area contributed by atoms with Crippen LogP contribution in [0.25, 0.3) is 0 Å². The number of anilines is 1. The van der Waals surface area contributed by atoms with Crippen LogP contribution in [0.3, 0.4) is 0 Å². The van der Waals surface area contributed by atoms with Crippen LogP contribution >= 0.6 is 11.3 Å². The highest BCUT2D eigenvalue weighted by molar-refractivity contribution is 7.18. The number of hydrogen-bond donors (Lipinski definition) is 1. The Labute approximate surface area is 167 Å². The van der Waals surface area contributed by atoms with E-state index in [0.29, 0.717) is 11.3 Å². The monoisotopic (exact) mass is 405 g/mol. The van der Waals surface area contributed by atoms with Crippen LogP contribution in [0.4, 0.5) is 5.00 Å². The summed E-state index contributed by atoms with van der Waals surface area (Å²) in [5.41, 5.74) is 1.40. The minimum Gasteiger partial charge on any atom is -0.497 e. The highest BCUT2D eigenvalue weighted by Crippen LogP contribution is 2.34. The minimum absolute atomic E-state index is 0.109. The molecule has 0 saturated heterocycles. The van der Waals surface area contributed by atoms with Crippen LogP contribution in [0, 0.1) is 6.92 Å². The van der Waals surface area contributed by atoms with Crippen molar-refractivity contribution < 1.29 is 28.6 Å². The first-order valence-electron chi connectivity index (χ1n) is 8.81. The van der Waals surface area contributed by atoms with E-state index in [0.717, 1.165) is 16.9 Å². The molecule has 2 aromatic rings. The van der Waals surface area contributed by atoms with E-state index < -0.39 is 11.9 Å². The Morgan fingerprint density at radius 2 is 1.61 bits per heavy atom. The quantitative estimate of drug-likeness (QED) is 0.675. The van der Waals surface area contributed by atoms with Gasteiger partial charge >= 0.3 is 11.9 Å². The molecule has 0 spiro atoms. The van der Waals surface area contributed by atoms with Crippen LogP contribution in [-0.2, 0) is 20.7 Å². The van der Waals surface area contributed by atoms with E-state index in [-0.39, 0.29) is 41.0 Å². The molecule has 0 atom stereocenters. The second kappa shape index (κ2) is 9.89. The molecule has 1 heterocycles. The standard InChI is InChI=1S/C20H23NO6S/c1-5-26-19(23)16-12(3)17(20(24)27-6-2)28-18(16)21-15(22)11-13-7-9-14(25-4)10-8-13/h7-10H,5-6,11H2,1-4H3,(H,21,22). The fraction of sp³-hybridized carbons (Fsp3) is 0.350. The second-order valence-electron chi connectivity index (χ2n) is 5.77. The Kier molecular flexibility index (Phi) is 7.57. The maximum atomic E-state index is 12.5. The fourth-order valence-electron chi connectivity index (χ4n) is 2.54. The molecular weight excluding hydrogens is 382 g/mol. The molecule has 1 amide bonds. The summed E-state index contributed by atoms with van der Waals surface area (Å²) < 4.78 is 15.2. The number of amides is 1. The Morgan fingerprint density at radius 1 is 1.00 bits per heavy atom. The van der Waals surface area contributed by atoms with E-state index in [2.05, 4.69) is 5.32 Å². The van der Waals surface area contributed by atoms with Crippen LogP contribution in [0.2, 0.25) is 0 Å². The summed E-state index contributed by atoms with van der Waals surface area (Å²) in [7, 11) is 1.57. The van der Waals surface area contributed by atoms with Crippen molar-refractivity contribution in [3.63, 3.8) is 0 Å². The fourth-order valence-corrected chi connectivity index (χ4v) is 3.65. The van der Waals surface area contributed by atoms with Gasteiger partial charge in [-0.1, -0.05) is 12.1 Å². The van der Waals surface area contributed by atoms with Gasteiger partial charge in [0.25, 0.3) is 0 Å². The van der Waals surface area contributed by atoms with Gasteiger partial charge in [-0.25, -0.2) is 9.59 Å². The number of carbonyl (C=O) groups is 3. The average molecular weight is 405 g/mol. The molecule has 150 valence electrons. The van der Waals surface area contributed by atoms with E-state index in [1.54, 1.807) is 52.1 Å². The number of ether oxygens (including phenoxy) is 3. The number of hydrogen-bond acceptors (Lipinski definition) is 7. The predicted molar refractivity (Wildman–Crippen MR) is 106 cm³/mol. The molecule has 28 heavy (non-hydrogen) atoms. The predicted octanol–water partition coefficient (Wildman–Crippen LogP) is 3.60. The van der Waals surface area contributed by atoms with Gasteiger partial charge in [-0.3, -0.25) is 4.79 Å². The van der Waals surface area contributed by atoms with Crippen molar-refractivity contribution in [2.24, 2.45) is 0 Å². The lowest BCUT2D eigenvalue weighted by molar-refractivity contribution is -0.115. The van der Waals surface area contributed by atoms with Crippen molar-refractivity contribution in [2.45, 2.75) is 27.2 Å². The zero-order valence-electron chi connectivity index (χ0n) is 16.3. The summed E-state index contributed by atoms with van der Waals surface area (Å²) in [6.07, 6.45) is 0.109. The lowest BCUT2D eigenvalue weighted by atomic mass is 10.1. The van der Waals surface area contributed by atoms with Crippen molar-refractivity contribution in [1.82, 2.24) is 0 Å². The third-order valence-electron chi connectivity index (χ3n) is 3.86. The molecule has 0 aliphatic carbocycles. The number of benzene rings is 1. The molecule has 0 unspecified atom stereocenters. The summed E-state index contributed by atoms with van der Waals surface area (Å²) in [4.78, 5) is 37.3. The average Bonchev–Trinajstić information content (AvgIpc) is 2.98. The van der Waals surface area contributed by atoms with Crippen molar-refractivity contribution in [1.29, 1.82) is 0 Å².